The van der Waals surface area contributed by atoms with Crippen molar-refractivity contribution in [2.45, 2.75) is 25.7 Å². The fourth-order valence-corrected chi connectivity index (χ4v) is 2.17. The summed E-state index contributed by atoms with van der Waals surface area (Å²) in [5, 5.41) is 2.86. The average molecular weight is 219 g/mol. The number of nitrogens with one attached hydrogen (secondary N) is 1. The maximum Gasteiger partial charge on any atom is 0.227 e. The topological polar surface area (TPSA) is 38.3 Å². The van der Waals surface area contributed by atoms with Gasteiger partial charge in [-0.2, -0.15) is 0 Å². The summed E-state index contributed by atoms with van der Waals surface area (Å²) in [6.45, 7) is 2.88. The van der Waals surface area contributed by atoms with Crippen molar-refractivity contribution >= 4 is 5.91 Å². The minimum absolute atomic E-state index is 0.0403. The van der Waals surface area contributed by atoms with Gasteiger partial charge in [-0.1, -0.05) is 19.1 Å². The summed E-state index contributed by atoms with van der Waals surface area (Å²) in [5.74, 6) is 0.896. The lowest BCUT2D eigenvalue weighted by molar-refractivity contribution is -0.120. The van der Waals surface area contributed by atoms with E-state index in [0.717, 1.165) is 30.7 Å². The zero-order valence-electron chi connectivity index (χ0n) is 9.75. The van der Waals surface area contributed by atoms with Gasteiger partial charge in [-0.15, -0.1) is 0 Å². The van der Waals surface area contributed by atoms with Crippen LogP contribution in [0.3, 0.4) is 0 Å². The van der Waals surface area contributed by atoms with Crippen LogP contribution in [0.1, 0.15) is 30.4 Å². The van der Waals surface area contributed by atoms with Gasteiger partial charge in [-0.25, -0.2) is 0 Å². The predicted octanol–water partition coefficient (Wildman–Crippen LogP) is 1.86. The van der Waals surface area contributed by atoms with Crippen LogP contribution < -0.4 is 10.1 Å². The lowest BCUT2D eigenvalue weighted by Gasteiger charge is -2.13. The predicted molar refractivity (Wildman–Crippen MR) is 62.7 cm³/mol. The SMILES string of the molecule is CCc1ccc(OC)c(C2CCNC2=O)c1. The fourth-order valence-electron chi connectivity index (χ4n) is 2.17. The zero-order valence-corrected chi connectivity index (χ0v) is 9.75. The lowest BCUT2D eigenvalue weighted by atomic mass is 9.94. The second kappa shape index (κ2) is 4.56. The monoisotopic (exact) mass is 219 g/mol. The number of rotatable bonds is 3. The quantitative estimate of drug-likeness (QED) is 0.842. The molecule has 0 spiro atoms. The summed E-state index contributed by atoms with van der Waals surface area (Å²) >= 11 is 0. The minimum Gasteiger partial charge on any atom is -0.496 e. The van der Waals surface area contributed by atoms with E-state index in [4.69, 9.17) is 4.74 Å². The molecule has 0 bridgehead atoms. The van der Waals surface area contributed by atoms with Gasteiger partial charge < -0.3 is 10.1 Å². The normalized spacial score (nSPS) is 19.6. The molecule has 0 radical (unpaired) electrons. The third-order valence-electron chi connectivity index (χ3n) is 3.13. The molecule has 3 heteroatoms. The molecule has 1 atom stereocenters. The highest BCUT2D eigenvalue weighted by atomic mass is 16.5. The van der Waals surface area contributed by atoms with Crippen molar-refractivity contribution < 1.29 is 9.53 Å². The van der Waals surface area contributed by atoms with E-state index in [0.29, 0.717) is 0 Å². The van der Waals surface area contributed by atoms with Crippen molar-refractivity contribution in [2.24, 2.45) is 0 Å². The highest BCUT2D eigenvalue weighted by Gasteiger charge is 2.28. The molecule has 0 saturated carbocycles. The Bertz CT molecular complexity index is 401. The Balaban J connectivity index is 2.39. The summed E-state index contributed by atoms with van der Waals surface area (Å²) in [6.07, 6.45) is 1.84. The number of hydrogen-bond donors (Lipinski definition) is 1. The van der Waals surface area contributed by atoms with E-state index in [-0.39, 0.29) is 11.8 Å². The van der Waals surface area contributed by atoms with Crippen molar-refractivity contribution in [3.05, 3.63) is 29.3 Å². The number of amides is 1. The summed E-state index contributed by atoms with van der Waals surface area (Å²) < 4.78 is 5.33. The molecule has 0 aromatic heterocycles. The molecule has 1 aromatic rings. The average Bonchev–Trinajstić information content (AvgIpc) is 2.74. The number of benzene rings is 1. The number of ether oxygens (including phenoxy) is 1. The number of methoxy groups -OCH3 is 1. The van der Waals surface area contributed by atoms with Crippen LogP contribution in [-0.4, -0.2) is 19.6 Å². The molecular formula is C13H17NO2. The van der Waals surface area contributed by atoms with E-state index < -0.39 is 0 Å². The van der Waals surface area contributed by atoms with Crippen LogP contribution in [0.4, 0.5) is 0 Å². The van der Waals surface area contributed by atoms with Gasteiger partial charge in [0.2, 0.25) is 5.91 Å². The zero-order chi connectivity index (χ0) is 11.5. The van der Waals surface area contributed by atoms with Gasteiger partial charge in [-0.05, 0) is 24.5 Å². The molecule has 0 aliphatic carbocycles. The number of carbonyl (C=O) groups is 1. The lowest BCUT2D eigenvalue weighted by Crippen LogP contribution is -2.18. The maximum absolute atomic E-state index is 11.7. The van der Waals surface area contributed by atoms with Gasteiger partial charge in [0.1, 0.15) is 5.75 Å². The van der Waals surface area contributed by atoms with Gasteiger partial charge in [0.15, 0.2) is 0 Å². The van der Waals surface area contributed by atoms with Crippen LogP contribution in [0.25, 0.3) is 0 Å². The Hall–Kier alpha value is -1.51. The van der Waals surface area contributed by atoms with E-state index in [1.807, 2.05) is 6.07 Å². The van der Waals surface area contributed by atoms with Gasteiger partial charge in [0.25, 0.3) is 0 Å². The summed E-state index contributed by atoms with van der Waals surface area (Å²) in [4.78, 5) is 11.7. The van der Waals surface area contributed by atoms with Crippen LogP contribution in [-0.2, 0) is 11.2 Å². The van der Waals surface area contributed by atoms with E-state index >= 15 is 0 Å². The second-order valence-corrected chi connectivity index (χ2v) is 4.06. The molecule has 1 aliphatic rings. The molecule has 1 amide bonds. The first kappa shape index (κ1) is 11.0. The molecule has 2 rings (SSSR count). The maximum atomic E-state index is 11.7. The Morgan fingerprint density at radius 3 is 2.88 bits per heavy atom. The van der Waals surface area contributed by atoms with Gasteiger partial charge in [0, 0.05) is 12.1 Å². The summed E-state index contributed by atoms with van der Waals surface area (Å²) in [5.41, 5.74) is 2.27. The molecular weight excluding hydrogens is 202 g/mol. The third-order valence-corrected chi connectivity index (χ3v) is 3.13. The van der Waals surface area contributed by atoms with E-state index in [2.05, 4.69) is 24.4 Å². The van der Waals surface area contributed by atoms with Gasteiger partial charge in [-0.3, -0.25) is 4.79 Å². The van der Waals surface area contributed by atoms with Crippen molar-refractivity contribution in [3.63, 3.8) is 0 Å². The first-order valence-electron chi connectivity index (χ1n) is 5.70. The molecule has 16 heavy (non-hydrogen) atoms. The van der Waals surface area contributed by atoms with Crippen LogP contribution in [0.5, 0.6) is 5.75 Å². The van der Waals surface area contributed by atoms with Gasteiger partial charge >= 0.3 is 0 Å². The van der Waals surface area contributed by atoms with Crippen LogP contribution in [0.2, 0.25) is 0 Å². The van der Waals surface area contributed by atoms with Crippen molar-refractivity contribution in [1.29, 1.82) is 0 Å². The standard InChI is InChI=1S/C13H17NO2/c1-3-9-4-5-12(16-2)11(8-9)10-6-7-14-13(10)15/h4-5,8,10H,3,6-7H2,1-2H3,(H,14,15). The molecule has 1 saturated heterocycles. The first-order valence-corrected chi connectivity index (χ1v) is 5.70. The number of hydrogen-bond acceptors (Lipinski definition) is 2. The molecule has 1 heterocycles. The number of aryl methyl sites for hydroxylation is 1. The smallest absolute Gasteiger partial charge is 0.227 e. The third kappa shape index (κ3) is 1.90. The fraction of sp³-hybridized carbons (Fsp3) is 0.462. The summed E-state index contributed by atoms with van der Waals surface area (Å²) in [7, 11) is 1.65. The molecule has 1 N–H and O–H groups in total. The van der Waals surface area contributed by atoms with Gasteiger partial charge in [0.05, 0.1) is 13.0 Å². The first-order chi connectivity index (χ1) is 7.76. The Kier molecular flexibility index (Phi) is 3.13. The molecule has 86 valence electrons. The Labute approximate surface area is 95.8 Å². The Morgan fingerprint density at radius 2 is 2.31 bits per heavy atom. The van der Waals surface area contributed by atoms with Crippen molar-refractivity contribution in [3.8, 4) is 5.75 Å². The second-order valence-electron chi connectivity index (χ2n) is 4.06. The molecule has 1 aromatic carbocycles. The summed E-state index contributed by atoms with van der Waals surface area (Å²) in [6, 6.07) is 6.10. The Morgan fingerprint density at radius 1 is 1.50 bits per heavy atom. The molecule has 1 fully saturated rings. The van der Waals surface area contributed by atoms with E-state index in [1.165, 1.54) is 5.56 Å². The van der Waals surface area contributed by atoms with E-state index in [9.17, 15) is 4.79 Å². The van der Waals surface area contributed by atoms with Crippen LogP contribution in [0, 0.1) is 0 Å². The van der Waals surface area contributed by atoms with Crippen LogP contribution in [0.15, 0.2) is 18.2 Å². The van der Waals surface area contributed by atoms with Crippen molar-refractivity contribution in [1.82, 2.24) is 5.32 Å². The molecule has 1 aliphatic heterocycles. The number of carbonyl (C=O) groups excluding carboxylic acids is 1. The van der Waals surface area contributed by atoms with E-state index in [1.54, 1.807) is 7.11 Å². The largest absolute Gasteiger partial charge is 0.496 e. The highest BCUT2D eigenvalue weighted by molar-refractivity contribution is 5.86. The molecule has 1 unspecified atom stereocenters. The highest BCUT2D eigenvalue weighted by Crippen LogP contribution is 2.32. The van der Waals surface area contributed by atoms with Crippen LogP contribution >= 0.6 is 0 Å². The molecule has 3 nitrogen and oxygen atoms in total. The van der Waals surface area contributed by atoms with Crippen molar-refractivity contribution in [2.75, 3.05) is 13.7 Å². The minimum atomic E-state index is -0.0403.